The minimum atomic E-state index is -3.49. The van der Waals surface area contributed by atoms with Gasteiger partial charge >= 0.3 is 0 Å². The van der Waals surface area contributed by atoms with Crippen molar-refractivity contribution in [1.29, 1.82) is 0 Å². The molecule has 2 N–H and O–H groups in total. The highest BCUT2D eigenvalue weighted by Crippen LogP contribution is 2.32. The van der Waals surface area contributed by atoms with Crippen LogP contribution in [0, 0.1) is 11.8 Å². The molecule has 4 aromatic heterocycles. The molecule has 0 spiro atoms. The van der Waals surface area contributed by atoms with Crippen molar-refractivity contribution in [2.45, 2.75) is 50.0 Å². The number of ether oxygens (including phenoxy) is 1. The second-order valence-electron chi connectivity index (χ2n) is 12.4. The van der Waals surface area contributed by atoms with Crippen LogP contribution in [-0.4, -0.2) is 103 Å². The number of rotatable bonds is 8. The summed E-state index contributed by atoms with van der Waals surface area (Å²) >= 11 is 0. The average molecular weight is 657 g/mol. The molecule has 0 atom stereocenters. The molecule has 7 rings (SSSR count). The molecule has 0 unspecified atom stereocenters. The Kier molecular flexibility index (Phi) is 8.58. The molecule has 0 bridgehead atoms. The fourth-order valence-electron chi connectivity index (χ4n) is 5.52. The van der Waals surface area contributed by atoms with Crippen LogP contribution in [0.3, 0.4) is 0 Å². The second-order valence-corrected chi connectivity index (χ2v) is 14.4. The van der Waals surface area contributed by atoms with E-state index in [4.69, 9.17) is 4.74 Å². The summed E-state index contributed by atoms with van der Waals surface area (Å²) < 4.78 is 31.6. The first-order valence-electron chi connectivity index (χ1n) is 15.7. The predicted molar refractivity (Wildman–Crippen MR) is 174 cm³/mol. The van der Waals surface area contributed by atoms with E-state index in [2.05, 4.69) is 57.0 Å². The van der Waals surface area contributed by atoms with Crippen LogP contribution in [0.5, 0.6) is 0 Å². The van der Waals surface area contributed by atoms with Gasteiger partial charge in [-0.2, -0.15) is 9.19 Å². The Morgan fingerprint density at radius 1 is 1.00 bits per heavy atom. The lowest BCUT2D eigenvalue weighted by Gasteiger charge is -2.37. The lowest BCUT2D eigenvalue weighted by molar-refractivity contribution is 0.0340. The molecule has 14 nitrogen and oxygen atoms in total. The third kappa shape index (κ3) is 7.41. The van der Waals surface area contributed by atoms with E-state index in [9.17, 15) is 13.5 Å². The highest BCUT2D eigenvalue weighted by atomic mass is 32.2. The van der Waals surface area contributed by atoms with Gasteiger partial charge in [0.1, 0.15) is 11.6 Å². The molecule has 0 amide bonds. The van der Waals surface area contributed by atoms with Crippen LogP contribution in [0.25, 0.3) is 11.4 Å². The van der Waals surface area contributed by atoms with Crippen LogP contribution in [0.4, 0.5) is 17.3 Å². The first kappa shape index (κ1) is 31.1. The number of aromatic nitrogens is 7. The minimum absolute atomic E-state index is 0.337. The molecular formula is C32H36N10O4S. The van der Waals surface area contributed by atoms with E-state index in [0.29, 0.717) is 73.2 Å². The van der Waals surface area contributed by atoms with E-state index in [1.54, 1.807) is 18.5 Å². The van der Waals surface area contributed by atoms with E-state index in [0.717, 1.165) is 48.2 Å². The molecule has 1 saturated carbocycles. The van der Waals surface area contributed by atoms with Crippen LogP contribution in [0.15, 0.2) is 49.3 Å². The molecule has 3 aliphatic rings. The average Bonchev–Trinajstić information content (AvgIpc) is 3.82. The second kappa shape index (κ2) is 13.0. The number of anilines is 3. The van der Waals surface area contributed by atoms with Crippen molar-refractivity contribution in [3.8, 4) is 23.2 Å². The largest absolute Gasteiger partial charge is 0.390 e. The fourth-order valence-corrected chi connectivity index (χ4v) is 7.00. The molecule has 0 radical (unpaired) electrons. The monoisotopic (exact) mass is 656 g/mol. The van der Waals surface area contributed by atoms with Gasteiger partial charge < -0.3 is 20.1 Å². The number of aliphatic hydroxyl groups is 1. The topological polar surface area (TPSA) is 164 Å². The van der Waals surface area contributed by atoms with Crippen molar-refractivity contribution in [3.05, 3.63) is 66.3 Å². The number of nitrogens with zero attached hydrogens (tertiary/aromatic N) is 9. The van der Waals surface area contributed by atoms with Crippen molar-refractivity contribution < 1.29 is 18.3 Å². The Bertz CT molecular complexity index is 1900. The van der Waals surface area contributed by atoms with Crippen molar-refractivity contribution >= 4 is 27.3 Å². The normalized spacial score (nSPS) is 18.4. The maximum Gasteiger partial charge on any atom is 0.256 e. The van der Waals surface area contributed by atoms with Gasteiger partial charge in [0.15, 0.2) is 5.82 Å². The zero-order valence-electron chi connectivity index (χ0n) is 26.1. The third-order valence-corrected chi connectivity index (χ3v) is 10.6. The van der Waals surface area contributed by atoms with E-state index in [-0.39, 0.29) is 5.25 Å². The van der Waals surface area contributed by atoms with Gasteiger partial charge in [0.05, 0.1) is 53.3 Å². The van der Waals surface area contributed by atoms with Gasteiger partial charge in [0, 0.05) is 69.1 Å². The zero-order chi connectivity index (χ0) is 32.4. The molecular weight excluding hydrogens is 620 g/mol. The van der Waals surface area contributed by atoms with E-state index < -0.39 is 15.6 Å². The molecule has 3 fully saturated rings. The number of pyridine rings is 1. The predicted octanol–water partition coefficient (Wildman–Crippen LogP) is 2.19. The fraction of sp³-hybridized carbons (Fsp3) is 0.438. The number of piperidine rings is 1. The molecule has 2 saturated heterocycles. The van der Waals surface area contributed by atoms with Gasteiger partial charge in [0.2, 0.25) is 5.82 Å². The van der Waals surface area contributed by atoms with Crippen molar-refractivity contribution in [2.24, 2.45) is 0 Å². The minimum Gasteiger partial charge on any atom is -0.390 e. The Morgan fingerprint density at radius 3 is 2.51 bits per heavy atom. The quantitative estimate of drug-likeness (QED) is 0.266. The number of hydrogen-bond donors (Lipinski definition) is 2. The van der Waals surface area contributed by atoms with Crippen LogP contribution < -0.4 is 10.2 Å². The lowest BCUT2D eigenvalue weighted by atomic mass is 9.93. The Labute approximate surface area is 273 Å². The summed E-state index contributed by atoms with van der Waals surface area (Å²) in [7, 11) is -3.49. The van der Waals surface area contributed by atoms with Crippen molar-refractivity contribution in [2.75, 3.05) is 49.6 Å². The number of morpholine rings is 1. The molecule has 4 aromatic rings. The molecule has 15 heteroatoms. The maximum absolute atomic E-state index is 12.6. The standard InChI is InChI=1S/C32H36N10O4S/c1-32(43)7-10-41(11-8-32)27-16-30(36-19-24(27)2-5-28-34-17-23(18-35-28)21-40-12-14-46-15-13-40)38-29-6-9-33-31(39-29)25-20-37-42(22-25)47(44,45)26-3-4-26/h6,9,16-20,22,26,43H,3-4,7-8,10-15,21H2,1H3,(H,33,36,38,39). The summed E-state index contributed by atoms with van der Waals surface area (Å²) in [5.41, 5.74) is 2.40. The first-order chi connectivity index (χ1) is 22.7. The summed E-state index contributed by atoms with van der Waals surface area (Å²) in [5.74, 6) is 8.10. The molecule has 1 aliphatic carbocycles. The van der Waals surface area contributed by atoms with Crippen molar-refractivity contribution in [1.82, 2.24) is 39.0 Å². The molecule has 6 heterocycles. The Morgan fingerprint density at radius 2 is 1.77 bits per heavy atom. The Hall–Kier alpha value is -4.49. The number of nitrogens with one attached hydrogen (secondary N) is 1. The zero-order valence-corrected chi connectivity index (χ0v) is 26.9. The van der Waals surface area contributed by atoms with Gasteiger partial charge in [-0.1, -0.05) is 5.92 Å². The third-order valence-electron chi connectivity index (χ3n) is 8.52. The highest BCUT2D eigenvalue weighted by Gasteiger charge is 2.37. The lowest BCUT2D eigenvalue weighted by Crippen LogP contribution is -2.42. The summed E-state index contributed by atoms with van der Waals surface area (Å²) in [6.07, 6.45) is 12.4. The van der Waals surface area contributed by atoms with E-state index >= 15 is 0 Å². The summed E-state index contributed by atoms with van der Waals surface area (Å²) in [4.78, 5) is 27.0. The maximum atomic E-state index is 12.6. The first-order valence-corrected chi connectivity index (χ1v) is 17.2. The highest BCUT2D eigenvalue weighted by molar-refractivity contribution is 7.90. The SMILES string of the molecule is CC1(O)CCN(c2cc(Nc3ccnc(-c4cnn(S(=O)(=O)C5CC5)c4)n3)ncc2C#Cc2ncc(CN3CCOCC3)cn2)CC1. The summed E-state index contributed by atoms with van der Waals surface area (Å²) in [5, 5.41) is 17.5. The molecule has 244 valence electrons. The van der Waals surface area contributed by atoms with Crippen LogP contribution in [-0.2, 0) is 21.3 Å². The smallest absolute Gasteiger partial charge is 0.256 e. The van der Waals surface area contributed by atoms with Crippen molar-refractivity contribution in [3.63, 3.8) is 0 Å². The van der Waals surface area contributed by atoms with E-state index in [1.807, 2.05) is 25.4 Å². The van der Waals surface area contributed by atoms with E-state index in [1.165, 1.54) is 12.4 Å². The Balaban J connectivity index is 1.11. The summed E-state index contributed by atoms with van der Waals surface area (Å²) in [6, 6.07) is 3.63. The van der Waals surface area contributed by atoms with Gasteiger partial charge in [-0.15, -0.1) is 0 Å². The van der Waals surface area contributed by atoms with Crippen LogP contribution in [0.2, 0.25) is 0 Å². The molecule has 0 aromatic carbocycles. The van der Waals surface area contributed by atoms with Crippen LogP contribution in [0.1, 0.15) is 49.6 Å². The molecule has 2 aliphatic heterocycles. The van der Waals surface area contributed by atoms with Gasteiger partial charge in [-0.3, -0.25) is 4.90 Å². The van der Waals surface area contributed by atoms with Gasteiger partial charge in [-0.25, -0.2) is 33.3 Å². The summed E-state index contributed by atoms with van der Waals surface area (Å²) in [6.45, 7) is 7.22. The molecule has 47 heavy (non-hydrogen) atoms. The van der Waals surface area contributed by atoms with Gasteiger partial charge in [0.25, 0.3) is 10.0 Å². The van der Waals surface area contributed by atoms with Gasteiger partial charge in [-0.05, 0) is 44.6 Å². The number of hydrogen-bond acceptors (Lipinski definition) is 13. The van der Waals surface area contributed by atoms with Crippen LogP contribution >= 0.6 is 0 Å².